The van der Waals surface area contributed by atoms with Gasteiger partial charge in [0.2, 0.25) is 0 Å². The molecule has 7 heteroatoms. The van der Waals surface area contributed by atoms with E-state index in [4.69, 9.17) is 17.3 Å². The zero-order chi connectivity index (χ0) is 11.6. The number of carbonyl (C=O) groups excluding carboxylic acids is 1. The maximum Gasteiger partial charge on any atom is 0.326 e. The molecule has 1 rings (SSSR count). The van der Waals surface area contributed by atoms with Crippen molar-refractivity contribution in [3.05, 3.63) is 28.8 Å². The second-order valence-electron chi connectivity index (χ2n) is 2.88. The van der Waals surface area contributed by atoms with Crippen molar-refractivity contribution in [3.63, 3.8) is 0 Å². The topological polar surface area (TPSA) is 89.3 Å². The highest BCUT2D eigenvalue weighted by molar-refractivity contribution is 7.90. The van der Waals surface area contributed by atoms with Crippen molar-refractivity contribution < 1.29 is 13.2 Å². The number of carbonyl (C=O) groups is 1. The molecular weight excluding hydrogens is 240 g/mol. The van der Waals surface area contributed by atoms with E-state index in [1.54, 1.807) is 11.6 Å². The zero-order valence-corrected chi connectivity index (χ0v) is 9.39. The predicted molar refractivity (Wildman–Crippen MR) is 56.1 cm³/mol. The Labute approximate surface area is 92.3 Å². The molecule has 0 saturated heterocycles. The van der Waals surface area contributed by atoms with Crippen molar-refractivity contribution in [1.82, 2.24) is 4.72 Å². The molecule has 0 aromatic heterocycles. The number of nitrogens with one attached hydrogen (secondary N) is 1. The monoisotopic (exact) mass is 248 g/mol. The molecule has 15 heavy (non-hydrogen) atoms. The molecule has 0 fully saturated rings. The van der Waals surface area contributed by atoms with Crippen LogP contribution >= 0.6 is 11.6 Å². The molecule has 0 aliphatic heterocycles. The molecule has 3 N–H and O–H groups in total. The molecule has 1 aromatic rings. The predicted octanol–water partition coefficient (Wildman–Crippen LogP) is 1.01. The van der Waals surface area contributed by atoms with Crippen LogP contribution < -0.4 is 10.5 Å². The van der Waals surface area contributed by atoms with Crippen LogP contribution in [0, 0.1) is 6.92 Å². The van der Waals surface area contributed by atoms with E-state index in [-0.39, 0.29) is 4.90 Å². The Bertz CT molecular complexity index is 499. The zero-order valence-electron chi connectivity index (χ0n) is 7.82. The van der Waals surface area contributed by atoms with Crippen molar-refractivity contribution in [2.75, 3.05) is 0 Å². The van der Waals surface area contributed by atoms with E-state index in [1.165, 1.54) is 18.2 Å². The Morgan fingerprint density at radius 1 is 1.47 bits per heavy atom. The first-order valence-electron chi connectivity index (χ1n) is 3.91. The standard InChI is InChI=1S/C8H9ClN2O3S/c1-5-2-3-6(4-7(5)9)15(13,14)11-8(10)12/h2-4H,1H3,(H3,10,11,12). The number of halogens is 1. The summed E-state index contributed by atoms with van der Waals surface area (Å²) in [6.07, 6.45) is 0. The second-order valence-corrected chi connectivity index (χ2v) is 4.97. The fraction of sp³-hybridized carbons (Fsp3) is 0.125. The lowest BCUT2D eigenvalue weighted by molar-refractivity contribution is 0.253. The van der Waals surface area contributed by atoms with Crippen molar-refractivity contribution in [2.24, 2.45) is 5.73 Å². The molecule has 0 radical (unpaired) electrons. The van der Waals surface area contributed by atoms with Crippen LogP contribution in [0.3, 0.4) is 0 Å². The minimum absolute atomic E-state index is 0.100. The van der Waals surface area contributed by atoms with Crippen LogP contribution in [0.2, 0.25) is 5.02 Å². The van der Waals surface area contributed by atoms with Crippen molar-refractivity contribution in [3.8, 4) is 0 Å². The molecule has 0 heterocycles. The number of aryl methyl sites for hydroxylation is 1. The first-order chi connectivity index (χ1) is 6.83. The summed E-state index contributed by atoms with van der Waals surface area (Å²) in [7, 11) is -3.91. The van der Waals surface area contributed by atoms with Gasteiger partial charge in [-0.05, 0) is 24.6 Å². The van der Waals surface area contributed by atoms with Gasteiger partial charge in [0, 0.05) is 5.02 Å². The van der Waals surface area contributed by atoms with Crippen LogP contribution in [0.25, 0.3) is 0 Å². The number of rotatable bonds is 2. The third-order valence-corrected chi connectivity index (χ3v) is 3.44. The largest absolute Gasteiger partial charge is 0.351 e. The number of hydrogen-bond donors (Lipinski definition) is 2. The average Bonchev–Trinajstić information content (AvgIpc) is 2.07. The van der Waals surface area contributed by atoms with Crippen LogP contribution in [0.5, 0.6) is 0 Å². The normalized spacial score (nSPS) is 11.1. The molecule has 5 nitrogen and oxygen atoms in total. The number of hydrogen-bond acceptors (Lipinski definition) is 3. The third kappa shape index (κ3) is 2.84. The highest BCUT2D eigenvalue weighted by Crippen LogP contribution is 2.19. The van der Waals surface area contributed by atoms with Gasteiger partial charge < -0.3 is 5.73 Å². The molecule has 0 bridgehead atoms. The quantitative estimate of drug-likeness (QED) is 0.818. The summed E-state index contributed by atoms with van der Waals surface area (Å²) in [5.74, 6) is 0. The minimum atomic E-state index is -3.91. The highest BCUT2D eigenvalue weighted by atomic mass is 35.5. The van der Waals surface area contributed by atoms with E-state index in [0.29, 0.717) is 5.02 Å². The van der Waals surface area contributed by atoms with Gasteiger partial charge in [0.1, 0.15) is 0 Å². The summed E-state index contributed by atoms with van der Waals surface area (Å²) in [6.45, 7) is 1.74. The van der Waals surface area contributed by atoms with E-state index in [1.807, 2.05) is 0 Å². The first-order valence-corrected chi connectivity index (χ1v) is 5.77. The van der Waals surface area contributed by atoms with E-state index in [2.05, 4.69) is 0 Å². The van der Waals surface area contributed by atoms with Crippen molar-refractivity contribution in [1.29, 1.82) is 0 Å². The summed E-state index contributed by atoms with van der Waals surface area (Å²) in [5.41, 5.74) is 5.47. The van der Waals surface area contributed by atoms with Gasteiger partial charge in [-0.1, -0.05) is 17.7 Å². The van der Waals surface area contributed by atoms with Gasteiger partial charge in [0.25, 0.3) is 10.0 Å². The molecule has 0 aliphatic rings. The van der Waals surface area contributed by atoms with Gasteiger partial charge in [-0.25, -0.2) is 17.9 Å². The summed E-state index contributed by atoms with van der Waals surface area (Å²) in [4.78, 5) is 10.3. The molecule has 0 saturated carbocycles. The SMILES string of the molecule is Cc1ccc(S(=O)(=O)NC(N)=O)cc1Cl. The second kappa shape index (κ2) is 4.08. The number of amides is 2. The van der Waals surface area contributed by atoms with Gasteiger partial charge in [-0.15, -0.1) is 0 Å². The van der Waals surface area contributed by atoms with Gasteiger partial charge in [-0.2, -0.15) is 0 Å². The summed E-state index contributed by atoms with van der Waals surface area (Å²) in [6, 6.07) is 3.00. The van der Waals surface area contributed by atoms with Gasteiger partial charge in [0.15, 0.2) is 0 Å². The fourth-order valence-corrected chi connectivity index (χ4v) is 2.08. The van der Waals surface area contributed by atoms with Crippen LogP contribution in [0.1, 0.15) is 5.56 Å². The molecular formula is C8H9ClN2O3S. The molecule has 82 valence electrons. The summed E-state index contributed by atoms with van der Waals surface area (Å²) < 4.78 is 24.5. The summed E-state index contributed by atoms with van der Waals surface area (Å²) in [5, 5.41) is 0.308. The molecule has 0 unspecified atom stereocenters. The fourth-order valence-electron chi connectivity index (χ4n) is 0.932. The third-order valence-electron chi connectivity index (χ3n) is 1.69. The number of urea groups is 1. The van der Waals surface area contributed by atoms with E-state index >= 15 is 0 Å². The van der Waals surface area contributed by atoms with E-state index in [0.717, 1.165) is 5.56 Å². The average molecular weight is 249 g/mol. The molecule has 1 aromatic carbocycles. The summed E-state index contributed by atoms with van der Waals surface area (Å²) >= 11 is 5.75. The highest BCUT2D eigenvalue weighted by Gasteiger charge is 2.16. The number of nitrogens with two attached hydrogens (primary N) is 1. The van der Waals surface area contributed by atoms with Crippen molar-refractivity contribution >= 4 is 27.7 Å². The van der Waals surface area contributed by atoms with E-state index in [9.17, 15) is 13.2 Å². The van der Waals surface area contributed by atoms with E-state index < -0.39 is 16.1 Å². The van der Waals surface area contributed by atoms with Crippen LogP contribution in [-0.2, 0) is 10.0 Å². The molecule has 0 atom stereocenters. The number of sulfonamides is 1. The maximum absolute atomic E-state index is 11.4. The van der Waals surface area contributed by atoms with Crippen LogP contribution in [0.15, 0.2) is 23.1 Å². The minimum Gasteiger partial charge on any atom is -0.351 e. The Morgan fingerprint density at radius 3 is 2.53 bits per heavy atom. The number of primary amides is 1. The van der Waals surface area contributed by atoms with Gasteiger partial charge >= 0.3 is 6.03 Å². The molecule has 0 aliphatic carbocycles. The van der Waals surface area contributed by atoms with Gasteiger partial charge in [-0.3, -0.25) is 0 Å². The molecule has 0 spiro atoms. The maximum atomic E-state index is 11.4. The van der Waals surface area contributed by atoms with Crippen LogP contribution in [-0.4, -0.2) is 14.4 Å². The lowest BCUT2D eigenvalue weighted by atomic mass is 10.2. The number of benzene rings is 1. The smallest absolute Gasteiger partial charge is 0.326 e. The van der Waals surface area contributed by atoms with Crippen molar-refractivity contribution in [2.45, 2.75) is 11.8 Å². The lowest BCUT2D eigenvalue weighted by Gasteiger charge is -2.05. The Morgan fingerprint density at radius 2 is 2.07 bits per heavy atom. The molecule has 2 amide bonds. The Balaban J connectivity index is 3.17. The lowest BCUT2D eigenvalue weighted by Crippen LogP contribution is -2.34. The Kier molecular flexibility index (Phi) is 3.21. The van der Waals surface area contributed by atoms with Crippen LogP contribution in [0.4, 0.5) is 4.79 Å². The first kappa shape index (κ1) is 11.8. The van der Waals surface area contributed by atoms with Gasteiger partial charge in [0.05, 0.1) is 4.90 Å². The Hall–Kier alpha value is -1.27.